The Hall–Kier alpha value is -1.52. The number of amides is 1. The minimum absolute atomic E-state index is 0.200. The number of rotatable bonds is 1. The van der Waals surface area contributed by atoms with Crippen molar-refractivity contribution in [3.8, 4) is 0 Å². The molecule has 0 unspecified atom stereocenters. The quantitative estimate of drug-likeness (QED) is 0.690. The Kier molecular flexibility index (Phi) is 3.56. The number of carbonyl (C=O) groups excluding carboxylic acids is 2. The summed E-state index contributed by atoms with van der Waals surface area (Å²) in [6, 6.07) is 0. The van der Waals surface area contributed by atoms with Crippen LogP contribution in [-0.2, 0) is 9.53 Å². The largest absolute Gasteiger partial charge is 0.444 e. The van der Waals surface area contributed by atoms with Crippen LogP contribution in [0.15, 0.2) is 11.8 Å². The predicted octanol–water partition coefficient (Wildman–Crippen LogP) is 2.03. The van der Waals surface area contributed by atoms with Crippen LogP contribution in [0.2, 0.25) is 0 Å². The lowest BCUT2D eigenvalue weighted by Crippen LogP contribution is -2.48. The molecule has 1 amide bonds. The minimum Gasteiger partial charge on any atom is -0.444 e. The molecule has 1 aliphatic heterocycles. The maximum atomic E-state index is 12.4. The topological polar surface area (TPSA) is 49.9 Å². The zero-order chi connectivity index (χ0) is 15.1. The Morgan fingerprint density at radius 1 is 1.35 bits per heavy atom. The number of hydrogen-bond donors (Lipinski definition) is 0. The van der Waals surface area contributed by atoms with Crippen molar-refractivity contribution in [2.24, 2.45) is 5.41 Å². The van der Waals surface area contributed by atoms with E-state index in [1.807, 2.05) is 46.0 Å². The van der Waals surface area contributed by atoms with Gasteiger partial charge < -0.3 is 14.5 Å². The van der Waals surface area contributed by atoms with Crippen LogP contribution in [0.5, 0.6) is 0 Å². The van der Waals surface area contributed by atoms with E-state index in [9.17, 15) is 9.59 Å². The first-order valence-corrected chi connectivity index (χ1v) is 7.03. The number of nitrogens with zero attached hydrogens (tertiary/aromatic N) is 2. The lowest BCUT2D eigenvalue weighted by molar-refractivity contribution is -0.123. The first-order valence-electron chi connectivity index (χ1n) is 7.03. The van der Waals surface area contributed by atoms with Crippen LogP contribution in [0.1, 0.15) is 33.6 Å². The normalized spacial score (nSPS) is 23.1. The summed E-state index contributed by atoms with van der Waals surface area (Å²) in [4.78, 5) is 28.2. The molecule has 20 heavy (non-hydrogen) atoms. The Labute approximate surface area is 120 Å². The van der Waals surface area contributed by atoms with Crippen molar-refractivity contribution in [2.75, 3.05) is 27.2 Å². The maximum Gasteiger partial charge on any atom is 0.410 e. The van der Waals surface area contributed by atoms with Crippen LogP contribution in [-0.4, -0.2) is 54.5 Å². The minimum atomic E-state index is -0.513. The molecule has 5 nitrogen and oxygen atoms in total. The number of ketones is 1. The summed E-state index contributed by atoms with van der Waals surface area (Å²) in [6.07, 6.45) is 3.23. The molecule has 2 fully saturated rings. The van der Waals surface area contributed by atoms with Gasteiger partial charge in [0.1, 0.15) is 5.60 Å². The summed E-state index contributed by atoms with van der Waals surface area (Å²) in [7, 11) is 3.76. The van der Waals surface area contributed by atoms with Gasteiger partial charge in [-0.25, -0.2) is 4.79 Å². The Morgan fingerprint density at radius 2 is 1.95 bits per heavy atom. The zero-order valence-corrected chi connectivity index (χ0v) is 13.0. The fourth-order valence-electron chi connectivity index (χ4n) is 2.51. The van der Waals surface area contributed by atoms with E-state index in [0.29, 0.717) is 18.7 Å². The number of carbonyl (C=O) groups is 2. The van der Waals surface area contributed by atoms with Crippen molar-refractivity contribution in [3.05, 3.63) is 11.8 Å². The van der Waals surface area contributed by atoms with E-state index >= 15 is 0 Å². The molecule has 0 bridgehead atoms. The summed E-state index contributed by atoms with van der Waals surface area (Å²) >= 11 is 0. The highest BCUT2D eigenvalue weighted by Crippen LogP contribution is 2.51. The maximum absolute atomic E-state index is 12.4. The molecule has 0 aromatic rings. The smallest absolute Gasteiger partial charge is 0.410 e. The second kappa shape index (κ2) is 4.79. The third-order valence-electron chi connectivity index (χ3n) is 3.55. The molecule has 0 aromatic carbocycles. The molecule has 0 radical (unpaired) electrons. The molecule has 1 heterocycles. The van der Waals surface area contributed by atoms with E-state index in [1.54, 1.807) is 4.90 Å². The molecule has 0 atom stereocenters. The number of Topliss-reactive ketones (excluding diaryl/α,β-unsaturated/α-hetero) is 1. The van der Waals surface area contributed by atoms with Gasteiger partial charge in [-0.15, -0.1) is 0 Å². The van der Waals surface area contributed by atoms with Crippen LogP contribution >= 0.6 is 0 Å². The Balaban J connectivity index is 2.16. The zero-order valence-electron chi connectivity index (χ0n) is 13.0. The van der Waals surface area contributed by atoms with Gasteiger partial charge in [0.15, 0.2) is 5.78 Å². The van der Waals surface area contributed by atoms with E-state index in [2.05, 4.69) is 0 Å². The van der Waals surface area contributed by atoms with Gasteiger partial charge in [0, 0.05) is 32.4 Å². The fraction of sp³-hybridized carbons (Fsp3) is 0.733. The molecule has 5 heteroatoms. The van der Waals surface area contributed by atoms with Crippen LogP contribution in [0.25, 0.3) is 0 Å². The summed E-state index contributed by atoms with van der Waals surface area (Å²) in [5, 5.41) is 0. The third-order valence-corrected chi connectivity index (χ3v) is 3.55. The van der Waals surface area contributed by atoms with Gasteiger partial charge in [-0.3, -0.25) is 4.79 Å². The van der Waals surface area contributed by atoms with Gasteiger partial charge >= 0.3 is 6.09 Å². The summed E-state index contributed by atoms with van der Waals surface area (Å²) in [6.45, 7) is 6.38. The van der Waals surface area contributed by atoms with Crippen molar-refractivity contribution >= 4 is 11.9 Å². The number of likely N-dealkylation sites (tertiary alicyclic amines) is 1. The monoisotopic (exact) mass is 280 g/mol. The van der Waals surface area contributed by atoms with E-state index in [1.165, 1.54) is 0 Å². The third kappa shape index (κ3) is 3.14. The molecule has 112 valence electrons. The molecular formula is C15H24N2O3. The van der Waals surface area contributed by atoms with Gasteiger partial charge in [-0.2, -0.15) is 0 Å². The molecule has 0 aromatic heterocycles. The lowest BCUT2D eigenvalue weighted by atomic mass is 9.90. The average Bonchev–Trinajstić information content (AvgIpc) is 3.02. The number of piperidine rings is 1. The molecule has 1 saturated heterocycles. The Morgan fingerprint density at radius 3 is 2.40 bits per heavy atom. The van der Waals surface area contributed by atoms with Gasteiger partial charge in [0.05, 0.1) is 12.0 Å². The van der Waals surface area contributed by atoms with Crippen LogP contribution in [0, 0.1) is 5.41 Å². The van der Waals surface area contributed by atoms with Gasteiger partial charge in [0.25, 0.3) is 0 Å². The van der Waals surface area contributed by atoms with Crippen molar-refractivity contribution in [3.63, 3.8) is 0 Å². The van der Waals surface area contributed by atoms with Gasteiger partial charge in [0.2, 0.25) is 0 Å². The van der Waals surface area contributed by atoms with Crippen molar-refractivity contribution in [1.82, 2.24) is 9.80 Å². The van der Waals surface area contributed by atoms with Crippen molar-refractivity contribution in [2.45, 2.75) is 39.2 Å². The van der Waals surface area contributed by atoms with E-state index in [4.69, 9.17) is 4.74 Å². The van der Waals surface area contributed by atoms with Gasteiger partial charge in [-0.1, -0.05) is 0 Å². The second-order valence-electron chi connectivity index (χ2n) is 7.06. The first kappa shape index (κ1) is 14.9. The average molecular weight is 280 g/mol. The molecule has 2 aliphatic rings. The van der Waals surface area contributed by atoms with Crippen molar-refractivity contribution < 1.29 is 14.3 Å². The molecule has 2 rings (SSSR count). The van der Waals surface area contributed by atoms with Crippen molar-refractivity contribution in [1.29, 1.82) is 0 Å². The van der Waals surface area contributed by atoms with Crippen LogP contribution in [0.3, 0.4) is 0 Å². The number of ether oxygens (including phenoxy) is 1. The molecule has 1 aliphatic carbocycles. The van der Waals surface area contributed by atoms with Crippen LogP contribution in [0.4, 0.5) is 4.79 Å². The lowest BCUT2D eigenvalue weighted by Gasteiger charge is -2.35. The van der Waals surface area contributed by atoms with E-state index in [-0.39, 0.29) is 17.3 Å². The van der Waals surface area contributed by atoms with E-state index in [0.717, 1.165) is 12.8 Å². The van der Waals surface area contributed by atoms with Crippen LogP contribution < -0.4 is 0 Å². The highest BCUT2D eigenvalue weighted by atomic mass is 16.6. The number of hydrogen-bond acceptors (Lipinski definition) is 4. The highest BCUT2D eigenvalue weighted by molar-refractivity contribution is 6.03. The SMILES string of the molecule is CN(C)C=C1CN(C(=O)OC(C)(C)C)CC2(CC2)C1=O. The fourth-order valence-corrected chi connectivity index (χ4v) is 2.51. The summed E-state index contributed by atoms with van der Waals surface area (Å²) in [5.41, 5.74) is -0.151. The van der Waals surface area contributed by atoms with E-state index < -0.39 is 5.60 Å². The van der Waals surface area contributed by atoms with Gasteiger partial charge in [-0.05, 0) is 33.6 Å². The summed E-state index contributed by atoms with van der Waals surface area (Å²) < 4.78 is 5.42. The standard InChI is InChI=1S/C15H24N2O3/c1-14(2,3)20-13(19)17-9-11(8-16(4)5)12(18)15(10-17)6-7-15/h8H,6-7,9-10H2,1-5H3. The highest BCUT2D eigenvalue weighted by Gasteiger charge is 2.55. The molecule has 0 N–H and O–H groups in total. The second-order valence-corrected chi connectivity index (χ2v) is 7.06. The predicted molar refractivity (Wildman–Crippen MR) is 76.3 cm³/mol. The first-order chi connectivity index (χ1) is 9.13. The molecular weight excluding hydrogens is 256 g/mol. The Bertz CT molecular complexity index is 456. The molecule has 1 spiro atoms. The summed E-state index contributed by atoms with van der Waals surface area (Å²) in [5.74, 6) is 0.200. The molecule has 1 saturated carbocycles.